The molecule has 0 saturated carbocycles. The third-order valence-electron chi connectivity index (χ3n) is 3.62. The summed E-state index contributed by atoms with van der Waals surface area (Å²) < 4.78 is 10.7. The highest BCUT2D eigenvalue weighted by Crippen LogP contribution is 2.32. The van der Waals surface area contributed by atoms with Crippen molar-refractivity contribution in [3.05, 3.63) is 34.7 Å². The van der Waals surface area contributed by atoms with E-state index in [2.05, 4.69) is 0 Å². The summed E-state index contributed by atoms with van der Waals surface area (Å²) in [7, 11) is 0. The SMILES string of the molecule is CC[C@H](C)Oc1ccc(/C=C2/SC(=O)N(CC(=O)OC(C)C)C2=O)cc1. The summed E-state index contributed by atoms with van der Waals surface area (Å²) in [4.78, 5) is 37.3. The van der Waals surface area contributed by atoms with E-state index in [4.69, 9.17) is 9.47 Å². The maximum atomic E-state index is 12.4. The molecule has 2 rings (SSSR count). The van der Waals surface area contributed by atoms with Gasteiger partial charge < -0.3 is 9.47 Å². The highest BCUT2D eigenvalue weighted by molar-refractivity contribution is 8.18. The monoisotopic (exact) mass is 377 g/mol. The molecule has 1 heterocycles. The van der Waals surface area contributed by atoms with Gasteiger partial charge in [0.1, 0.15) is 12.3 Å². The van der Waals surface area contributed by atoms with Gasteiger partial charge in [0.2, 0.25) is 0 Å². The van der Waals surface area contributed by atoms with E-state index in [9.17, 15) is 14.4 Å². The zero-order valence-electron chi connectivity index (χ0n) is 15.4. The van der Waals surface area contributed by atoms with Crippen molar-refractivity contribution in [2.24, 2.45) is 0 Å². The highest BCUT2D eigenvalue weighted by Gasteiger charge is 2.36. The molecular formula is C19H23NO5S. The Bertz CT molecular complexity index is 711. The molecule has 1 atom stereocenters. The van der Waals surface area contributed by atoms with E-state index in [1.165, 1.54) is 0 Å². The number of rotatable bonds is 7. The molecule has 2 amide bonds. The molecular weight excluding hydrogens is 354 g/mol. The van der Waals surface area contributed by atoms with Gasteiger partial charge in [0.15, 0.2) is 0 Å². The Morgan fingerprint density at radius 3 is 2.42 bits per heavy atom. The van der Waals surface area contributed by atoms with E-state index in [0.717, 1.165) is 34.4 Å². The molecule has 26 heavy (non-hydrogen) atoms. The molecule has 0 bridgehead atoms. The van der Waals surface area contributed by atoms with Crippen molar-refractivity contribution >= 4 is 35.0 Å². The Hall–Kier alpha value is -2.28. The van der Waals surface area contributed by atoms with Crippen LogP contribution in [-0.4, -0.2) is 40.8 Å². The maximum Gasteiger partial charge on any atom is 0.326 e. The second kappa shape index (κ2) is 8.89. The van der Waals surface area contributed by atoms with Crippen molar-refractivity contribution in [2.75, 3.05) is 6.54 Å². The van der Waals surface area contributed by atoms with Gasteiger partial charge in [-0.2, -0.15) is 0 Å². The summed E-state index contributed by atoms with van der Waals surface area (Å²) in [6.07, 6.45) is 2.37. The smallest absolute Gasteiger partial charge is 0.326 e. The number of hydrogen-bond donors (Lipinski definition) is 0. The number of imide groups is 1. The molecule has 0 aliphatic carbocycles. The Labute approximate surface area is 157 Å². The summed E-state index contributed by atoms with van der Waals surface area (Å²) >= 11 is 0.815. The van der Waals surface area contributed by atoms with E-state index >= 15 is 0 Å². The summed E-state index contributed by atoms with van der Waals surface area (Å²) in [6.45, 7) is 7.09. The van der Waals surface area contributed by atoms with Crippen LogP contribution < -0.4 is 4.74 Å². The lowest BCUT2D eigenvalue weighted by Crippen LogP contribution is -2.35. The largest absolute Gasteiger partial charge is 0.491 e. The van der Waals surface area contributed by atoms with Crippen molar-refractivity contribution in [1.82, 2.24) is 4.90 Å². The van der Waals surface area contributed by atoms with Gasteiger partial charge in [-0.25, -0.2) is 0 Å². The first-order valence-corrected chi connectivity index (χ1v) is 9.33. The number of nitrogens with zero attached hydrogens (tertiary/aromatic N) is 1. The van der Waals surface area contributed by atoms with Gasteiger partial charge in [-0.3, -0.25) is 19.3 Å². The maximum absolute atomic E-state index is 12.4. The Balaban J connectivity index is 2.06. The molecule has 0 N–H and O–H groups in total. The zero-order chi connectivity index (χ0) is 19.3. The van der Waals surface area contributed by atoms with E-state index in [-0.39, 0.29) is 23.7 Å². The van der Waals surface area contributed by atoms with Gasteiger partial charge >= 0.3 is 5.97 Å². The van der Waals surface area contributed by atoms with Gasteiger partial charge in [0.05, 0.1) is 17.1 Å². The summed E-state index contributed by atoms with van der Waals surface area (Å²) in [5, 5.41) is -0.473. The third-order valence-corrected chi connectivity index (χ3v) is 4.53. The summed E-state index contributed by atoms with van der Waals surface area (Å²) in [6, 6.07) is 7.28. The lowest BCUT2D eigenvalue weighted by Gasteiger charge is -2.13. The molecule has 6 nitrogen and oxygen atoms in total. The predicted molar refractivity (Wildman–Crippen MR) is 101 cm³/mol. The van der Waals surface area contributed by atoms with Crippen LogP contribution in [0, 0.1) is 0 Å². The van der Waals surface area contributed by atoms with Crippen LogP contribution >= 0.6 is 11.8 Å². The van der Waals surface area contributed by atoms with Crippen LogP contribution in [0.5, 0.6) is 5.75 Å². The first-order valence-electron chi connectivity index (χ1n) is 8.51. The van der Waals surface area contributed by atoms with Crippen LogP contribution in [0.3, 0.4) is 0 Å². The summed E-state index contributed by atoms with van der Waals surface area (Å²) in [5.41, 5.74) is 0.775. The van der Waals surface area contributed by atoms with Gasteiger partial charge in [-0.05, 0) is 62.7 Å². The fourth-order valence-electron chi connectivity index (χ4n) is 2.18. The molecule has 1 aliphatic heterocycles. The van der Waals surface area contributed by atoms with Crippen molar-refractivity contribution in [3.8, 4) is 5.75 Å². The Morgan fingerprint density at radius 2 is 1.85 bits per heavy atom. The molecule has 0 spiro atoms. The van der Waals surface area contributed by atoms with Gasteiger partial charge in [-0.15, -0.1) is 0 Å². The fraction of sp³-hybridized carbons (Fsp3) is 0.421. The number of benzene rings is 1. The van der Waals surface area contributed by atoms with E-state index < -0.39 is 17.1 Å². The van der Waals surface area contributed by atoms with Crippen LogP contribution in [0.25, 0.3) is 6.08 Å². The van der Waals surface area contributed by atoms with Gasteiger partial charge in [-0.1, -0.05) is 19.1 Å². The molecule has 0 radical (unpaired) electrons. The minimum atomic E-state index is -0.602. The minimum Gasteiger partial charge on any atom is -0.491 e. The Kier molecular flexibility index (Phi) is 6.85. The number of amides is 2. The van der Waals surface area contributed by atoms with Crippen molar-refractivity contribution in [2.45, 2.75) is 46.3 Å². The van der Waals surface area contributed by atoms with Crippen LogP contribution in [0.2, 0.25) is 0 Å². The van der Waals surface area contributed by atoms with Crippen LogP contribution in [0.1, 0.15) is 39.7 Å². The molecule has 0 aromatic heterocycles. The second-order valence-corrected chi connectivity index (χ2v) is 7.21. The highest BCUT2D eigenvalue weighted by atomic mass is 32.2. The van der Waals surface area contributed by atoms with Crippen molar-refractivity contribution in [3.63, 3.8) is 0 Å². The average molecular weight is 377 g/mol. The van der Waals surface area contributed by atoms with Crippen LogP contribution in [-0.2, 0) is 14.3 Å². The molecule has 7 heteroatoms. The normalized spacial score (nSPS) is 17.1. The molecule has 0 unspecified atom stereocenters. The molecule has 140 valence electrons. The number of hydrogen-bond acceptors (Lipinski definition) is 6. The topological polar surface area (TPSA) is 72.9 Å². The first-order chi connectivity index (χ1) is 12.3. The average Bonchev–Trinajstić information content (AvgIpc) is 2.83. The quantitative estimate of drug-likeness (QED) is 0.531. The standard InChI is InChI=1S/C19H23NO5S/c1-5-13(4)25-15-8-6-14(7-9-15)10-16-18(22)20(19(23)26-16)11-17(21)24-12(2)3/h6-10,12-13H,5,11H2,1-4H3/b16-10+/t13-/m0/s1. The number of thioether (sulfide) groups is 1. The van der Waals surface area contributed by atoms with Gasteiger partial charge in [0.25, 0.3) is 11.1 Å². The minimum absolute atomic E-state index is 0.128. The number of carbonyl (C=O) groups excluding carboxylic acids is 3. The zero-order valence-corrected chi connectivity index (χ0v) is 16.2. The fourth-order valence-corrected chi connectivity index (χ4v) is 3.01. The Morgan fingerprint density at radius 1 is 1.19 bits per heavy atom. The number of carbonyl (C=O) groups is 3. The lowest BCUT2D eigenvalue weighted by atomic mass is 10.2. The van der Waals surface area contributed by atoms with Crippen molar-refractivity contribution in [1.29, 1.82) is 0 Å². The van der Waals surface area contributed by atoms with Crippen molar-refractivity contribution < 1.29 is 23.9 Å². The number of ether oxygens (including phenoxy) is 2. The first kappa shape index (κ1) is 20.0. The van der Waals surface area contributed by atoms with E-state index in [0.29, 0.717) is 0 Å². The van der Waals surface area contributed by atoms with E-state index in [1.54, 1.807) is 19.9 Å². The molecule has 1 aromatic carbocycles. The lowest BCUT2D eigenvalue weighted by molar-refractivity contribution is -0.149. The van der Waals surface area contributed by atoms with Gasteiger partial charge in [0, 0.05) is 0 Å². The molecule has 1 aromatic rings. The predicted octanol–water partition coefficient (Wildman–Crippen LogP) is 3.85. The molecule has 1 saturated heterocycles. The molecule has 1 aliphatic rings. The third kappa shape index (κ3) is 5.36. The number of esters is 1. The van der Waals surface area contributed by atoms with Crippen LogP contribution in [0.15, 0.2) is 29.2 Å². The second-order valence-electron chi connectivity index (χ2n) is 6.21. The van der Waals surface area contributed by atoms with E-state index in [1.807, 2.05) is 38.1 Å². The molecule has 1 fully saturated rings. The van der Waals surface area contributed by atoms with Crippen LogP contribution in [0.4, 0.5) is 4.79 Å². The summed E-state index contributed by atoms with van der Waals surface area (Å²) in [5.74, 6) is -0.336.